The van der Waals surface area contributed by atoms with Crippen LogP contribution in [0.2, 0.25) is 0 Å². The highest BCUT2D eigenvalue weighted by Crippen LogP contribution is 2.74. The van der Waals surface area contributed by atoms with Gasteiger partial charge in [-0.15, -0.1) is 10.2 Å². The van der Waals surface area contributed by atoms with Gasteiger partial charge in [0.15, 0.2) is 17.3 Å². The van der Waals surface area contributed by atoms with Crippen LogP contribution in [0.5, 0.6) is 0 Å². The zero-order valence-corrected chi connectivity index (χ0v) is 85.1. The molecule has 752 valence electrons. The first-order chi connectivity index (χ1) is 64.9. The summed E-state index contributed by atoms with van der Waals surface area (Å²) in [4.78, 5) is 54.8. The number of rotatable bonds is 11. The van der Waals surface area contributed by atoms with Crippen molar-refractivity contribution in [3.05, 3.63) is 96.1 Å². The first-order valence-corrected chi connectivity index (χ1v) is 54.5. The van der Waals surface area contributed by atoms with Gasteiger partial charge in [0.2, 0.25) is 0 Å². The van der Waals surface area contributed by atoms with Crippen molar-refractivity contribution in [3.63, 3.8) is 0 Å². The highest BCUT2D eigenvalue weighted by Gasteiger charge is 2.68. The van der Waals surface area contributed by atoms with Crippen molar-refractivity contribution in [1.29, 1.82) is 0 Å². The Labute approximate surface area is 822 Å². The Morgan fingerprint density at radius 2 is 0.630 bits per heavy atom. The molecule has 0 unspecified atom stereocenters. The largest absolute Gasteiger partial charge is 0.390 e. The number of nitrogens with one attached hydrogen (secondary N) is 1. The predicted molar refractivity (Wildman–Crippen MR) is 530 cm³/mol. The van der Waals surface area contributed by atoms with E-state index >= 15 is 0 Å². The molecule has 0 saturated heterocycles. The number of Topliss-reactive ketones (excluding diaryl/α,β-unsaturated/α-hetero) is 4. The first kappa shape index (κ1) is 99.9. The molecule has 5 N–H and O–H groups in total. The summed E-state index contributed by atoms with van der Waals surface area (Å²) in [6.07, 6.45) is 40.4. The normalized spacial score (nSPS) is 43.2. The molecule has 4 heterocycles. The number of carbonyl (C=O) groups is 4. The second-order valence-electron chi connectivity index (χ2n) is 51.2. The van der Waals surface area contributed by atoms with Gasteiger partial charge < -0.3 is 20.4 Å². The third-order valence-corrected chi connectivity index (χ3v) is 44.6. The Kier molecular flexibility index (Phi) is 26.6. The van der Waals surface area contributed by atoms with Gasteiger partial charge in [-0.25, -0.2) is 26.9 Å². The summed E-state index contributed by atoms with van der Waals surface area (Å²) in [5.74, 6) is 11.4. The number of hydrogen-bond donors (Lipinski definition) is 5. The van der Waals surface area contributed by atoms with E-state index in [1.807, 2.05) is 27.7 Å². The van der Waals surface area contributed by atoms with Crippen LogP contribution in [0.15, 0.2) is 72.8 Å². The average molecular weight is 1970 g/mol. The van der Waals surface area contributed by atoms with E-state index in [2.05, 4.69) is 118 Å². The molecule has 16 aliphatic carbocycles. The maximum atomic E-state index is 13.8. The second kappa shape index (κ2) is 36.7. The predicted octanol–water partition coefficient (Wildman–Crippen LogP) is 23.7. The molecule has 16 saturated carbocycles. The minimum Gasteiger partial charge on any atom is -0.390 e. The molecule has 8 aromatic rings. The molecule has 0 spiro atoms. The maximum absolute atomic E-state index is 13.8. The van der Waals surface area contributed by atoms with E-state index in [1.54, 1.807) is 33.6 Å². The monoisotopic (exact) mass is 1970 g/mol. The molecule has 4 aromatic heterocycles. The minimum atomic E-state index is -0.500. The van der Waals surface area contributed by atoms with Crippen LogP contribution in [0.4, 0.5) is 17.6 Å². The fourth-order valence-corrected chi connectivity index (χ4v) is 37.0. The molecule has 0 aliphatic heterocycles. The highest BCUT2D eigenvalue weighted by molar-refractivity contribution is 9.09. The van der Waals surface area contributed by atoms with Crippen LogP contribution in [0.3, 0.4) is 0 Å². The summed E-state index contributed by atoms with van der Waals surface area (Å²) in [6, 6.07) is 17.5. The number of aromatic amines is 1. The van der Waals surface area contributed by atoms with Crippen molar-refractivity contribution in [1.82, 2.24) is 60.4 Å². The van der Waals surface area contributed by atoms with Gasteiger partial charge in [-0.2, -0.15) is 30.4 Å². The molecule has 24 rings (SSSR count). The maximum Gasteiger partial charge on any atom is 0.159 e. The van der Waals surface area contributed by atoms with Crippen molar-refractivity contribution in [2.24, 2.45) is 162 Å². The van der Waals surface area contributed by atoms with E-state index in [0.29, 0.717) is 131 Å². The number of aliphatic hydroxyl groups is 4. The lowest BCUT2D eigenvalue weighted by atomic mass is 9.44. The topological polar surface area (TPSA) is 283 Å². The number of alkyl halides is 1. The molecule has 16 aliphatic rings. The Balaban J connectivity index is 0.000000114. The fraction of sp³-hybridized carbons (Fsp3) is 0.752. The third kappa shape index (κ3) is 17.6. The fourth-order valence-electron chi connectivity index (χ4n) is 36.6. The number of benzene rings is 4. The summed E-state index contributed by atoms with van der Waals surface area (Å²) in [5, 5.41) is 78.5. The zero-order chi connectivity index (χ0) is 96.7. The highest BCUT2D eigenvalue weighted by atomic mass is 79.9. The van der Waals surface area contributed by atoms with Gasteiger partial charge in [0.1, 0.15) is 81.8 Å². The van der Waals surface area contributed by atoms with E-state index in [0.717, 1.165) is 176 Å². The number of hydrogen-bond acceptors (Lipinski definition) is 16. The smallest absolute Gasteiger partial charge is 0.159 e. The van der Waals surface area contributed by atoms with Crippen molar-refractivity contribution < 1.29 is 57.2 Å². The average Bonchev–Trinajstić information content (AvgIpc) is 1.31. The molecular formula is C113H157BrF4N12O8. The summed E-state index contributed by atoms with van der Waals surface area (Å²) >= 11 is 3.43. The lowest BCUT2D eigenvalue weighted by Gasteiger charge is -2.61. The molecule has 16 fully saturated rings. The molecule has 4 aromatic carbocycles. The van der Waals surface area contributed by atoms with Crippen LogP contribution in [0, 0.1) is 185 Å². The molecule has 138 heavy (non-hydrogen) atoms. The van der Waals surface area contributed by atoms with E-state index in [4.69, 9.17) is 0 Å². The van der Waals surface area contributed by atoms with Gasteiger partial charge in [0.05, 0.1) is 38.8 Å². The number of halogens is 5. The lowest BCUT2D eigenvalue weighted by Crippen LogP contribution is -2.55. The van der Waals surface area contributed by atoms with Gasteiger partial charge in [-0.3, -0.25) is 19.2 Å². The molecule has 0 bridgehead atoms. The lowest BCUT2D eigenvalue weighted by molar-refractivity contribution is -0.151. The zero-order valence-electron chi connectivity index (χ0n) is 83.5. The summed E-state index contributed by atoms with van der Waals surface area (Å²) in [7, 11) is 0. The third-order valence-electron chi connectivity index (χ3n) is 44.0. The van der Waals surface area contributed by atoms with Gasteiger partial charge in [-0.05, 0) is 445 Å². The van der Waals surface area contributed by atoms with Crippen LogP contribution in [-0.2, 0) is 38.8 Å². The minimum absolute atomic E-state index is 0. The van der Waals surface area contributed by atoms with Crippen LogP contribution >= 0.6 is 15.9 Å². The quantitative estimate of drug-likeness (QED) is 0.0594. The number of fused-ring (bicyclic) bond motifs is 24. The van der Waals surface area contributed by atoms with Crippen molar-refractivity contribution in [3.8, 4) is 0 Å². The number of H-pyrrole nitrogens is 1. The van der Waals surface area contributed by atoms with Crippen molar-refractivity contribution in [2.45, 2.75) is 364 Å². The summed E-state index contributed by atoms with van der Waals surface area (Å²) in [6.45, 7) is 28.4. The number of ketones is 4. The SMILES string of the molecule is C.C[C@@]1(O)CC[C@@]2(C)[C@@H](CC[C@@H]3[C@@H]2CC[C@]2(C)[C@@H](C(=O)CBr)CC[C@@H]32)C1.C[C@@]1(O)CC[C@@]2(C)[C@@H](CC[C@@H]3[C@@H]2CC[C@]2(C)[C@@H](C(=O)Cn4nc5ccc(F)cc5n4)CC[C@@H]32)C1.C[C@@]1(O)CC[C@@]2(C)[C@@H](CC[C@@H]3[C@@H]2CC[C@]2(C)[C@@H](C(=O)Cn4nnc5cc(F)ccc54)CC[C@@H]32)C1.C[C@@]1(O)CC[C@@]2(C)[C@@H](CC[C@@H]3[C@@H]2CC[C@]2(C)[C@@H](C(=O)Cn4nnc5ccc(F)cc54)CC[C@@H]32)C1.Fc1ccc2n[nH]nc2c1. The molecule has 0 radical (unpaired) electrons. The van der Waals surface area contributed by atoms with Crippen LogP contribution in [0.25, 0.3) is 44.1 Å². The number of carbonyl (C=O) groups excluding carboxylic acids is 4. The molecule has 25 heteroatoms. The van der Waals surface area contributed by atoms with E-state index in [9.17, 15) is 57.2 Å². The molecule has 20 nitrogen and oxygen atoms in total. The Morgan fingerprint density at radius 1 is 0.326 bits per heavy atom. The van der Waals surface area contributed by atoms with E-state index in [-0.39, 0.29) is 113 Å². The summed E-state index contributed by atoms with van der Waals surface area (Å²) < 4.78 is 56.5. The molecule has 32 atom stereocenters. The Hall–Kier alpha value is -6.80. The molecular weight excluding hydrogens is 1810 g/mol. The van der Waals surface area contributed by atoms with Gasteiger partial charge in [-0.1, -0.05) is 89.2 Å². The van der Waals surface area contributed by atoms with Crippen LogP contribution < -0.4 is 0 Å². The molecule has 0 amide bonds. The van der Waals surface area contributed by atoms with Crippen LogP contribution in [0.1, 0.15) is 322 Å². The Bertz CT molecular complexity index is 5860. The van der Waals surface area contributed by atoms with Gasteiger partial charge in [0, 0.05) is 47.9 Å². The van der Waals surface area contributed by atoms with Crippen molar-refractivity contribution >= 4 is 83.2 Å². The van der Waals surface area contributed by atoms with Gasteiger partial charge >= 0.3 is 0 Å². The van der Waals surface area contributed by atoms with E-state index < -0.39 is 22.4 Å². The number of nitrogens with zero attached hydrogens (tertiary/aromatic N) is 11. The first-order valence-electron chi connectivity index (χ1n) is 53.4. The van der Waals surface area contributed by atoms with E-state index in [1.165, 1.54) is 150 Å². The second-order valence-corrected chi connectivity index (χ2v) is 51.8. The van der Waals surface area contributed by atoms with Gasteiger partial charge in [0.25, 0.3) is 0 Å². The van der Waals surface area contributed by atoms with Crippen molar-refractivity contribution in [2.75, 3.05) is 5.33 Å². The summed E-state index contributed by atoms with van der Waals surface area (Å²) in [5.41, 5.74) is 4.70. The number of aromatic nitrogens is 12. The standard InChI is InChI=1S/3C28H38FN3O2.C22H35BrO2.C6H4FN3.CH4/c1-26(34)12-13-27(2)17(15-26)4-6-19-20-7-8-22(28(20,3)11-10-21(19)27)25(33)16-32-24-9-5-18(29)14-23(24)30-31-32;1-26(34)12-13-27(2)17(15-26)4-6-19-20-7-8-22(28(20,3)11-10-21(19)27)25(33)16-32-24-14-18(29)5-9-23(24)30-31-32;1-26(34)12-13-27(2)17(15-26)4-6-19-20-7-8-22(28(20,3)11-10-21(19)27)25(33)16-32-30-23-9-5-18(29)14-24(23)31-32;1-20(25)10-11-21(2)14(12-20)4-5-15-16-6-7-18(19(24)13-23)22(16,3)9-8-17(15)21;7-4-1-2-5-6(3-4)9-10-8-5;/h3*5,9,14,17,19-22,34H,4,6-8,10-13,15-16H2,1-3H3;14-18,25H,4-13H2,1-3H3;1-3H,(H,8,9,10);1H4/t3*17-,19-,20-,21-,22+,26+,27-,28-;14-,15-,16-,17-,18+,20+,21-,22-;;/m0000../s1. The van der Waals surface area contributed by atoms with Crippen LogP contribution in [-0.4, -0.2) is 132 Å². The Morgan fingerprint density at radius 3 is 1.02 bits per heavy atom.